The second-order valence-electron chi connectivity index (χ2n) is 2.97. The molecule has 0 saturated heterocycles. The molecule has 0 bridgehead atoms. The van der Waals surface area contributed by atoms with Crippen molar-refractivity contribution in [1.29, 1.82) is 0 Å². The second kappa shape index (κ2) is 5.26. The fourth-order valence-electron chi connectivity index (χ4n) is 1.02. The predicted octanol–water partition coefficient (Wildman–Crippen LogP) is 3.55. The van der Waals surface area contributed by atoms with E-state index in [0.717, 1.165) is 18.2 Å². The highest BCUT2D eigenvalue weighted by atomic mass is 79.9. The third kappa shape index (κ3) is 3.46. The van der Waals surface area contributed by atoms with Gasteiger partial charge in [-0.2, -0.15) is 13.2 Å². The topological polar surface area (TPSA) is 20.2 Å². The highest BCUT2D eigenvalue weighted by molar-refractivity contribution is 9.09. The van der Waals surface area contributed by atoms with Gasteiger partial charge in [-0.05, 0) is 18.2 Å². The summed E-state index contributed by atoms with van der Waals surface area (Å²) in [6.45, 7) is 0. The standard InChI is InChI=1S/C11H8BrF3O/c12-6-2-1-3-8-7-9(11(13,14)15)4-5-10(8)16/h4-5,7,16H,2,6H2. The van der Waals surface area contributed by atoms with E-state index < -0.39 is 11.7 Å². The van der Waals surface area contributed by atoms with E-state index >= 15 is 0 Å². The summed E-state index contributed by atoms with van der Waals surface area (Å²) in [7, 11) is 0. The van der Waals surface area contributed by atoms with Crippen molar-refractivity contribution >= 4 is 15.9 Å². The number of halogens is 4. The van der Waals surface area contributed by atoms with Crippen LogP contribution in [0.1, 0.15) is 17.5 Å². The molecule has 1 nitrogen and oxygen atoms in total. The van der Waals surface area contributed by atoms with E-state index in [-0.39, 0.29) is 11.3 Å². The predicted molar refractivity (Wildman–Crippen MR) is 58.4 cm³/mol. The van der Waals surface area contributed by atoms with Gasteiger partial charge in [-0.25, -0.2) is 0 Å². The molecule has 0 aliphatic carbocycles. The first kappa shape index (κ1) is 12.9. The van der Waals surface area contributed by atoms with Crippen LogP contribution in [0, 0.1) is 11.8 Å². The van der Waals surface area contributed by atoms with E-state index in [1.54, 1.807) is 0 Å². The molecule has 0 heterocycles. The maximum absolute atomic E-state index is 12.4. The second-order valence-corrected chi connectivity index (χ2v) is 3.76. The fourth-order valence-corrected chi connectivity index (χ4v) is 1.22. The first-order valence-corrected chi connectivity index (χ1v) is 5.52. The fraction of sp³-hybridized carbons (Fsp3) is 0.273. The number of phenols is 1. The lowest BCUT2D eigenvalue weighted by atomic mass is 10.1. The van der Waals surface area contributed by atoms with Crippen molar-refractivity contribution in [2.45, 2.75) is 12.6 Å². The van der Waals surface area contributed by atoms with Crippen LogP contribution in [0.2, 0.25) is 0 Å². The van der Waals surface area contributed by atoms with Gasteiger partial charge in [-0.3, -0.25) is 0 Å². The Balaban J connectivity index is 3.06. The van der Waals surface area contributed by atoms with Crippen LogP contribution in [-0.2, 0) is 6.18 Å². The number of alkyl halides is 4. The zero-order valence-corrected chi connectivity index (χ0v) is 9.69. The third-order valence-corrected chi connectivity index (χ3v) is 2.16. The van der Waals surface area contributed by atoms with E-state index in [9.17, 15) is 18.3 Å². The molecule has 0 unspecified atom stereocenters. The molecule has 1 aromatic carbocycles. The molecule has 0 fully saturated rings. The Hall–Kier alpha value is -1.15. The zero-order chi connectivity index (χ0) is 12.2. The Bertz CT molecular complexity index is 429. The van der Waals surface area contributed by atoms with Crippen molar-refractivity contribution < 1.29 is 18.3 Å². The molecule has 0 radical (unpaired) electrons. The summed E-state index contributed by atoms with van der Waals surface area (Å²) in [5.41, 5.74) is -0.816. The summed E-state index contributed by atoms with van der Waals surface area (Å²) in [4.78, 5) is 0. The molecule has 1 N–H and O–H groups in total. The van der Waals surface area contributed by atoms with Gasteiger partial charge in [-0.15, -0.1) is 0 Å². The van der Waals surface area contributed by atoms with Gasteiger partial charge in [-0.1, -0.05) is 27.8 Å². The van der Waals surface area contributed by atoms with Crippen molar-refractivity contribution in [3.63, 3.8) is 0 Å². The Morgan fingerprint density at radius 1 is 1.31 bits per heavy atom. The molecule has 0 aliphatic rings. The molecule has 1 aromatic rings. The maximum atomic E-state index is 12.4. The van der Waals surface area contributed by atoms with Gasteiger partial charge >= 0.3 is 6.18 Å². The average molecular weight is 293 g/mol. The molecule has 1 rings (SSSR count). The zero-order valence-electron chi connectivity index (χ0n) is 8.11. The van der Waals surface area contributed by atoms with Crippen LogP contribution >= 0.6 is 15.9 Å². The summed E-state index contributed by atoms with van der Waals surface area (Å²) >= 11 is 3.14. The SMILES string of the molecule is Oc1ccc(C(F)(F)F)cc1C#CCCBr. The molecule has 0 amide bonds. The monoisotopic (exact) mass is 292 g/mol. The smallest absolute Gasteiger partial charge is 0.416 e. The molecule has 0 atom stereocenters. The van der Waals surface area contributed by atoms with Crippen molar-refractivity contribution in [3.8, 4) is 17.6 Å². The van der Waals surface area contributed by atoms with Crippen molar-refractivity contribution in [3.05, 3.63) is 29.3 Å². The van der Waals surface area contributed by atoms with Gasteiger partial charge in [0, 0.05) is 11.8 Å². The Labute approximate surface area is 99.4 Å². The molecule has 86 valence electrons. The van der Waals surface area contributed by atoms with Gasteiger partial charge < -0.3 is 5.11 Å². The first-order chi connectivity index (χ1) is 7.45. The summed E-state index contributed by atoms with van der Waals surface area (Å²) in [5.74, 6) is 4.90. The lowest BCUT2D eigenvalue weighted by Crippen LogP contribution is -2.04. The van der Waals surface area contributed by atoms with E-state index in [1.807, 2.05) is 0 Å². The lowest BCUT2D eigenvalue weighted by molar-refractivity contribution is -0.137. The molecule has 0 spiro atoms. The van der Waals surface area contributed by atoms with Crippen LogP contribution in [0.5, 0.6) is 5.75 Å². The summed E-state index contributed by atoms with van der Waals surface area (Å²) < 4.78 is 37.1. The van der Waals surface area contributed by atoms with Crippen LogP contribution in [0.25, 0.3) is 0 Å². The number of hydrogen-bond donors (Lipinski definition) is 1. The van der Waals surface area contributed by atoms with Crippen LogP contribution in [0.3, 0.4) is 0 Å². The number of benzene rings is 1. The summed E-state index contributed by atoms with van der Waals surface area (Å²) in [6.07, 6.45) is -3.91. The molecule has 0 aliphatic heterocycles. The molecule has 0 saturated carbocycles. The van der Waals surface area contributed by atoms with Crippen LogP contribution < -0.4 is 0 Å². The third-order valence-electron chi connectivity index (χ3n) is 1.77. The minimum atomic E-state index is -4.42. The average Bonchev–Trinajstić information content (AvgIpc) is 2.19. The van der Waals surface area contributed by atoms with E-state index in [0.29, 0.717) is 11.8 Å². The van der Waals surface area contributed by atoms with E-state index in [2.05, 4.69) is 27.8 Å². The number of rotatable bonds is 1. The van der Waals surface area contributed by atoms with Crippen molar-refractivity contribution in [2.75, 3.05) is 5.33 Å². The summed E-state index contributed by atoms with van der Waals surface area (Å²) in [6, 6.07) is 2.67. The normalized spacial score (nSPS) is 10.8. The van der Waals surface area contributed by atoms with Crippen molar-refractivity contribution in [2.24, 2.45) is 0 Å². The van der Waals surface area contributed by atoms with Crippen LogP contribution in [0.15, 0.2) is 18.2 Å². The van der Waals surface area contributed by atoms with Crippen LogP contribution in [-0.4, -0.2) is 10.4 Å². The van der Waals surface area contributed by atoms with Crippen molar-refractivity contribution in [1.82, 2.24) is 0 Å². The minimum Gasteiger partial charge on any atom is -0.507 e. The van der Waals surface area contributed by atoms with Gasteiger partial charge in [0.15, 0.2) is 0 Å². The Kier molecular flexibility index (Phi) is 4.25. The van der Waals surface area contributed by atoms with Crippen LogP contribution in [0.4, 0.5) is 13.2 Å². The van der Waals surface area contributed by atoms with Gasteiger partial charge in [0.2, 0.25) is 0 Å². The maximum Gasteiger partial charge on any atom is 0.416 e. The Morgan fingerprint density at radius 2 is 2.00 bits per heavy atom. The molecule has 0 aromatic heterocycles. The molecular weight excluding hydrogens is 285 g/mol. The highest BCUT2D eigenvalue weighted by Gasteiger charge is 2.30. The summed E-state index contributed by atoms with van der Waals surface area (Å²) in [5, 5.41) is 9.96. The van der Waals surface area contributed by atoms with E-state index in [4.69, 9.17) is 0 Å². The number of hydrogen-bond acceptors (Lipinski definition) is 1. The quantitative estimate of drug-likeness (QED) is 0.620. The number of phenolic OH excluding ortho intramolecular Hbond substituents is 1. The van der Waals surface area contributed by atoms with Gasteiger partial charge in [0.25, 0.3) is 0 Å². The first-order valence-electron chi connectivity index (χ1n) is 4.40. The Morgan fingerprint density at radius 3 is 2.56 bits per heavy atom. The van der Waals surface area contributed by atoms with Gasteiger partial charge in [0.05, 0.1) is 11.1 Å². The molecule has 16 heavy (non-hydrogen) atoms. The van der Waals surface area contributed by atoms with Gasteiger partial charge in [0.1, 0.15) is 5.75 Å². The van der Waals surface area contributed by atoms with E-state index in [1.165, 1.54) is 0 Å². The number of aromatic hydroxyl groups is 1. The molecule has 5 heteroatoms. The highest BCUT2D eigenvalue weighted by Crippen LogP contribution is 2.31. The lowest BCUT2D eigenvalue weighted by Gasteiger charge is -2.07. The molecular formula is C11H8BrF3O. The largest absolute Gasteiger partial charge is 0.507 e. The minimum absolute atomic E-state index is 0.00391.